The summed E-state index contributed by atoms with van der Waals surface area (Å²) in [5, 5.41) is 4.12. The monoisotopic (exact) mass is 336 g/mol. The van der Waals surface area contributed by atoms with Gasteiger partial charge in [-0.1, -0.05) is 12.1 Å². The summed E-state index contributed by atoms with van der Waals surface area (Å²) >= 11 is 3.11. The second-order valence-electron chi connectivity index (χ2n) is 4.67. The van der Waals surface area contributed by atoms with Crippen molar-refractivity contribution in [3.63, 3.8) is 0 Å². The van der Waals surface area contributed by atoms with E-state index in [9.17, 15) is 9.18 Å². The second-order valence-corrected chi connectivity index (χ2v) is 5.53. The van der Waals surface area contributed by atoms with Gasteiger partial charge in [-0.15, -0.1) is 0 Å². The van der Waals surface area contributed by atoms with Crippen molar-refractivity contribution >= 4 is 27.8 Å². The van der Waals surface area contributed by atoms with Crippen LogP contribution in [-0.2, 0) is 0 Å². The number of hydrogen-bond donors (Lipinski definition) is 0. The lowest BCUT2D eigenvalue weighted by Gasteiger charge is -2.02. The highest BCUT2D eigenvalue weighted by Crippen LogP contribution is 2.18. The topological polar surface area (TPSA) is 34.9 Å². The van der Waals surface area contributed by atoms with Gasteiger partial charge in [0.2, 0.25) is 0 Å². The van der Waals surface area contributed by atoms with Crippen LogP contribution < -0.4 is 0 Å². The predicted molar refractivity (Wildman–Crippen MR) is 80.1 cm³/mol. The molecule has 0 amide bonds. The molecule has 1 aromatic heterocycles. The lowest BCUT2D eigenvalue weighted by molar-refractivity contribution is 0.104. The first-order valence-corrected chi connectivity index (χ1v) is 6.98. The molecule has 0 aliphatic carbocycles. The van der Waals surface area contributed by atoms with Crippen molar-refractivity contribution in [1.82, 2.24) is 9.78 Å². The molecule has 0 bridgehead atoms. The lowest BCUT2D eigenvalue weighted by Crippen LogP contribution is -2.00. The number of carbonyl (C=O) groups excluding carboxylic acids is 1. The van der Waals surface area contributed by atoms with Crippen LogP contribution in [0.25, 0.3) is 6.08 Å². The van der Waals surface area contributed by atoms with Crippen LogP contribution in [0.4, 0.5) is 4.39 Å². The zero-order valence-electron chi connectivity index (χ0n) is 11.2. The van der Waals surface area contributed by atoms with E-state index in [0.717, 1.165) is 5.56 Å². The number of nitrogens with zero attached hydrogens (tertiary/aromatic N) is 2. The SMILES string of the molecule is CC(C)n1cc(C(=O)C=Cc2ccc(F)c(Br)c2)cn1. The van der Waals surface area contributed by atoms with Crippen molar-refractivity contribution in [1.29, 1.82) is 0 Å². The van der Waals surface area contributed by atoms with Gasteiger partial charge in [-0.05, 0) is 53.5 Å². The Hall–Kier alpha value is -1.75. The average molecular weight is 337 g/mol. The number of halogens is 2. The quantitative estimate of drug-likeness (QED) is 0.617. The number of benzene rings is 1. The van der Waals surface area contributed by atoms with Crippen molar-refractivity contribution in [3.8, 4) is 0 Å². The van der Waals surface area contributed by atoms with Gasteiger partial charge in [-0.2, -0.15) is 5.10 Å². The highest BCUT2D eigenvalue weighted by molar-refractivity contribution is 9.10. The molecule has 0 unspecified atom stereocenters. The highest BCUT2D eigenvalue weighted by Gasteiger charge is 2.07. The molecule has 0 fully saturated rings. The number of ketones is 1. The van der Waals surface area contributed by atoms with Crippen LogP contribution in [-0.4, -0.2) is 15.6 Å². The fourth-order valence-electron chi connectivity index (χ4n) is 1.63. The van der Waals surface area contributed by atoms with Gasteiger partial charge in [-0.3, -0.25) is 9.48 Å². The van der Waals surface area contributed by atoms with Crippen LogP contribution in [0.3, 0.4) is 0 Å². The Morgan fingerprint density at radius 1 is 1.45 bits per heavy atom. The molecule has 0 atom stereocenters. The molecule has 2 aromatic rings. The third-order valence-corrected chi connectivity index (χ3v) is 3.39. The van der Waals surface area contributed by atoms with E-state index in [1.54, 1.807) is 35.3 Å². The molecule has 0 aliphatic heterocycles. The van der Waals surface area contributed by atoms with Gasteiger partial charge in [0.1, 0.15) is 5.82 Å². The fourth-order valence-corrected chi connectivity index (χ4v) is 2.03. The fraction of sp³-hybridized carbons (Fsp3) is 0.200. The molecule has 0 radical (unpaired) electrons. The van der Waals surface area contributed by atoms with E-state index in [-0.39, 0.29) is 17.6 Å². The van der Waals surface area contributed by atoms with Gasteiger partial charge in [0, 0.05) is 12.2 Å². The Bertz CT molecular complexity index is 662. The number of rotatable bonds is 4. The van der Waals surface area contributed by atoms with Gasteiger partial charge in [0.25, 0.3) is 0 Å². The van der Waals surface area contributed by atoms with Crippen molar-refractivity contribution in [3.05, 3.63) is 58.1 Å². The van der Waals surface area contributed by atoms with Crippen molar-refractivity contribution < 1.29 is 9.18 Å². The van der Waals surface area contributed by atoms with Crippen molar-refractivity contribution in [2.45, 2.75) is 19.9 Å². The Labute approximate surface area is 125 Å². The summed E-state index contributed by atoms with van der Waals surface area (Å²) in [5.41, 5.74) is 1.29. The maximum atomic E-state index is 13.1. The molecular formula is C15H14BrFN2O. The van der Waals surface area contributed by atoms with Crippen LogP contribution >= 0.6 is 15.9 Å². The number of carbonyl (C=O) groups is 1. The maximum Gasteiger partial charge on any atom is 0.189 e. The molecule has 1 heterocycles. The van der Waals surface area contributed by atoms with Crippen LogP contribution in [0.5, 0.6) is 0 Å². The Morgan fingerprint density at radius 3 is 2.80 bits per heavy atom. The third kappa shape index (κ3) is 3.42. The minimum absolute atomic E-state index is 0.127. The van der Waals surface area contributed by atoms with Gasteiger partial charge in [0.15, 0.2) is 5.78 Å². The summed E-state index contributed by atoms with van der Waals surface area (Å²) in [5.74, 6) is -0.455. The van der Waals surface area contributed by atoms with Gasteiger partial charge >= 0.3 is 0 Å². The largest absolute Gasteiger partial charge is 0.289 e. The molecule has 104 valence electrons. The van der Waals surface area contributed by atoms with Crippen LogP contribution in [0.2, 0.25) is 0 Å². The summed E-state index contributed by atoms with van der Waals surface area (Å²) in [6.45, 7) is 3.99. The highest BCUT2D eigenvalue weighted by atomic mass is 79.9. The number of allylic oxidation sites excluding steroid dienone is 1. The Kier molecular flexibility index (Phi) is 4.49. The molecule has 0 aliphatic rings. The molecule has 2 rings (SSSR count). The van der Waals surface area contributed by atoms with E-state index in [2.05, 4.69) is 21.0 Å². The molecule has 1 aromatic carbocycles. The van der Waals surface area contributed by atoms with Crippen LogP contribution in [0.1, 0.15) is 35.8 Å². The molecule has 0 spiro atoms. The zero-order chi connectivity index (χ0) is 14.7. The second kappa shape index (κ2) is 6.13. The van der Waals surface area contributed by atoms with Gasteiger partial charge < -0.3 is 0 Å². The molecule has 20 heavy (non-hydrogen) atoms. The minimum atomic E-state index is -0.327. The van der Waals surface area contributed by atoms with E-state index >= 15 is 0 Å². The summed E-state index contributed by atoms with van der Waals surface area (Å²) in [6.07, 6.45) is 6.38. The summed E-state index contributed by atoms with van der Waals surface area (Å²) in [7, 11) is 0. The number of aromatic nitrogens is 2. The van der Waals surface area contributed by atoms with E-state index in [0.29, 0.717) is 10.0 Å². The minimum Gasteiger partial charge on any atom is -0.289 e. The first-order valence-electron chi connectivity index (χ1n) is 6.19. The lowest BCUT2D eigenvalue weighted by atomic mass is 10.1. The first kappa shape index (κ1) is 14.7. The van der Waals surface area contributed by atoms with Crippen molar-refractivity contribution in [2.75, 3.05) is 0 Å². The summed E-state index contributed by atoms with van der Waals surface area (Å²) < 4.78 is 15.2. The van der Waals surface area contributed by atoms with Crippen LogP contribution in [0, 0.1) is 5.82 Å². The van der Waals surface area contributed by atoms with E-state index < -0.39 is 0 Å². The predicted octanol–water partition coefficient (Wildman–Crippen LogP) is 4.26. The first-order chi connectivity index (χ1) is 9.47. The van der Waals surface area contributed by atoms with Gasteiger partial charge in [-0.25, -0.2) is 4.39 Å². The van der Waals surface area contributed by atoms with Crippen LogP contribution in [0.15, 0.2) is 41.1 Å². The standard InChI is InChI=1S/C15H14BrFN2O/c1-10(2)19-9-12(8-18-19)15(20)6-4-11-3-5-14(17)13(16)7-11/h3-10H,1-2H3. The summed E-state index contributed by atoms with van der Waals surface area (Å²) in [4.78, 5) is 12.0. The molecule has 5 heteroatoms. The molecule has 0 saturated heterocycles. The number of hydrogen-bond acceptors (Lipinski definition) is 2. The third-order valence-electron chi connectivity index (χ3n) is 2.79. The smallest absolute Gasteiger partial charge is 0.189 e. The Morgan fingerprint density at radius 2 is 2.20 bits per heavy atom. The normalized spacial score (nSPS) is 11.4. The molecule has 3 nitrogen and oxygen atoms in total. The molecular weight excluding hydrogens is 323 g/mol. The average Bonchev–Trinajstić information content (AvgIpc) is 2.89. The van der Waals surface area contributed by atoms with E-state index in [1.807, 2.05) is 13.8 Å². The van der Waals surface area contributed by atoms with E-state index in [1.165, 1.54) is 12.1 Å². The maximum absolute atomic E-state index is 13.1. The van der Waals surface area contributed by atoms with E-state index in [4.69, 9.17) is 0 Å². The molecule has 0 saturated carbocycles. The summed E-state index contributed by atoms with van der Waals surface area (Å²) in [6, 6.07) is 4.80. The Balaban J connectivity index is 2.13. The molecule has 0 N–H and O–H groups in total. The van der Waals surface area contributed by atoms with Crippen molar-refractivity contribution in [2.24, 2.45) is 0 Å². The zero-order valence-corrected chi connectivity index (χ0v) is 12.8. The van der Waals surface area contributed by atoms with Gasteiger partial charge in [0.05, 0.1) is 16.2 Å².